The summed E-state index contributed by atoms with van der Waals surface area (Å²) in [4.78, 5) is 93.5. The highest BCUT2D eigenvalue weighted by Gasteiger charge is 2.34. The summed E-state index contributed by atoms with van der Waals surface area (Å²) in [5.41, 5.74) is 0. The third kappa shape index (κ3) is 79.1. The van der Waals surface area contributed by atoms with E-state index in [4.69, 9.17) is 18.9 Å². The Hall–Kier alpha value is -3.26. The zero-order chi connectivity index (χ0) is 97.6. The molecule has 2 amide bonds. The molecule has 14 heteroatoms. The van der Waals surface area contributed by atoms with Gasteiger partial charge < -0.3 is 38.5 Å². The summed E-state index contributed by atoms with van der Waals surface area (Å²) in [6, 6.07) is 0.575. The Bertz CT molecular complexity index is 2490. The highest BCUT2D eigenvalue weighted by molar-refractivity contribution is 5.77. The number of nitrogens with zero attached hydrogens (tertiary/aromatic N) is 4. The summed E-state index contributed by atoms with van der Waals surface area (Å²) in [6.45, 7) is 28.4. The van der Waals surface area contributed by atoms with Crippen LogP contribution in [0.5, 0.6) is 0 Å². The number of rotatable bonds is 106. The van der Waals surface area contributed by atoms with Crippen LogP contribution in [0.15, 0.2) is 0 Å². The topological polar surface area (TPSA) is 152 Å². The number of carbonyl (C=O) groups excluding carboxylic acids is 6. The van der Waals surface area contributed by atoms with E-state index in [-0.39, 0.29) is 53.6 Å². The predicted molar refractivity (Wildman–Crippen MR) is 573 cm³/mol. The second-order valence-corrected chi connectivity index (χ2v) is 42.7. The van der Waals surface area contributed by atoms with Crippen LogP contribution in [0.4, 0.5) is 0 Å². The Morgan fingerprint density at radius 2 is 0.376 bits per heavy atom. The standard InChI is InChI=1S/C119H232N4O10/c1-15-25-35-43-59-75-95-115(125)123(99-81-97-121(13)14)113(92-72-57-48-52-62-77-101-131-117(127)107(86-66-39-29-19-5)87-67-40-30-20-6)93-73-58-49-53-63-79-103-133-119(129)111(89-69-42-32-22-8)105-109(83-34-24-10)108(82-33-23-9)104-110(88-68-41-31-21-7)118(128)132-102-78-61-51-45-47-56-71-91-112(122(98-80-96-120(11)12)114(124)94-74-54-36-26-16-2)90-70-55-46-44-50-60-76-100-130-116(126)106(84-64-37-27-17-3)85-65-38-28-18-4/h106-113H,15-105H2,1-14H3. The second-order valence-electron chi connectivity index (χ2n) is 42.7. The molecule has 0 aliphatic carbocycles. The molecule has 0 aromatic carbocycles. The highest BCUT2D eigenvalue weighted by atomic mass is 16.5. The third-order valence-electron chi connectivity index (χ3n) is 29.4. The Morgan fingerprint density at radius 1 is 0.188 bits per heavy atom. The molecular weight excluding hydrogens is 1650 g/mol. The van der Waals surface area contributed by atoms with E-state index in [1.807, 2.05) is 0 Å². The van der Waals surface area contributed by atoms with Gasteiger partial charge in [0, 0.05) is 38.0 Å². The average Bonchev–Trinajstić information content (AvgIpc) is 0.496. The number of amides is 2. The van der Waals surface area contributed by atoms with Crippen LogP contribution in [0, 0.1) is 35.5 Å². The molecular formula is C119H232N4O10. The molecule has 0 heterocycles. The van der Waals surface area contributed by atoms with Crippen molar-refractivity contribution in [2.45, 2.75) is 614 Å². The molecule has 6 atom stereocenters. The maximum Gasteiger partial charge on any atom is 0.308 e. The van der Waals surface area contributed by atoms with Crippen LogP contribution in [0.25, 0.3) is 0 Å². The van der Waals surface area contributed by atoms with E-state index in [1.54, 1.807) is 0 Å². The molecule has 0 saturated carbocycles. The number of carbonyl (C=O) groups is 6. The molecule has 0 aliphatic heterocycles. The fourth-order valence-electron chi connectivity index (χ4n) is 20.6. The summed E-state index contributed by atoms with van der Waals surface area (Å²) >= 11 is 0. The van der Waals surface area contributed by atoms with Crippen molar-refractivity contribution in [2.75, 3.05) is 80.8 Å². The van der Waals surface area contributed by atoms with E-state index >= 15 is 0 Å². The van der Waals surface area contributed by atoms with Crippen LogP contribution in [-0.4, -0.2) is 148 Å². The highest BCUT2D eigenvalue weighted by Crippen LogP contribution is 2.39. The van der Waals surface area contributed by atoms with Crippen molar-refractivity contribution < 1.29 is 47.7 Å². The number of hydrogen-bond donors (Lipinski definition) is 0. The van der Waals surface area contributed by atoms with Crippen molar-refractivity contribution in [2.24, 2.45) is 35.5 Å². The van der Waals surface area contributed by atoms with Crippen LogP contribution in [0.3, 0.4) is 0 Å². The number of esters is 4. The van der Waals surface area contributed by atoms with Gasteiger partial charge in [-0.1, -0.05) is 461 Å². The minimum absolute atomic E-state index is 0.00831. The van der Waals surface area contributed by atoms with Gasteiger partial charge in [-0.05, 0) is 182 Å². The molecule has 0 radical (unpaired) electrons. The predicted octanol–water partition coefficient (Wildman–Crippen LogP) is 35.0. The SMILES string of the molecule is CCCCCCCCC(=O)N(CCCN(C)C)C(CCCCCCCCOC(=O)C(CCCCCC)CCCCCC)CCCCCCCCOC(=O)C(CCCCCC)CC(CCCC)C(CCCC)CC(CCCCCC)C(=O)OCCCCCCCCCC(CCCCCCCCCOC(=O)C(CCCCCC)CCCCCC)N(CCCN(C)C)C(=O)CCCCCCC. The van der Waals surface area contributed by atoms with Crippen LogP contribution in [0.2, 0.25) is 0 Å². The number of ether oxygens (including phenoxy) is 4. The van der Waals surface area contributed by atoms with Gasteiger partial charge in [0.05, 0.1) is 50.1 Å². The normalized spacial score (nSPS) is 13.2. The van der Waals surface area contributed by atoms with Crippen molar-refractivity contribution >= 4 is 35.7 Å². The van der Waals surface area contributed by atoms with Crippen LogP contribution < -0.4 is 0 Å². The van der Waals surface area contributed by atoms with E-state index in [1.165, 1.54) is 193 Å². The Kier molecular flexibility index (Phi) is 96.5. The van der Waals surface area contributed by atoms with Gasteiger partial charge in [0.2, 0.25) is 11.8 Å². The van der Waals surface area contributed by atoms with E-state index in [0.29, 0.717) is 69.0 Å². The molecule has 0 spiro atoms. The lowest BCUT2D eigenvalue weighted by molar-refractivity contribution is -0.151. The summed E-state index contributed by atoms with van der Waals surface area (Å²) in [5, 5.41) is 0. The fourth-order valence-corrected chi connectivity index (χ4v) is 20.6. The van der Waals surface area contributed by atoms with E-state index in [2.05, 4.69) is 117 Å². The summed E-state index contributed by atoms with van der Waals surface area (Å²) in [7, 11) is 8.59. The fraction of sp³-hybridized carbons (Fsp3) is 0.950. The first kappa shape index (κ1) is 130. The van der Waals surface area contributed by atoms with Crippen molar-refractivity contribution in [1.82, 2.24) is 19.6 Å². The maximum absolute atomic E-state index is 14.6. The van der Waals surface area contributed by atoms with Gasteiger partial charge in [0.1, 0.15) is 0 Å². The number of unbranched alkanes of at least 4 members (excludes halogenated alkanes) is 51. The van der Waals surface area contributed by atoms with Gasteiger partial charge in [-0.3, -0.25) is 28.8 Å². The van der Waals surface area contributed by atoms with Gasteiger partial charge in [-0.25, -0.2) is 0 Å². The van der Waals surface area contributed by atoms with Gasteiger partial charge >= 0.3 is 23.9 Å². The van der Waals surface area contributed by atoms with Crippen molar-refractivity contribution in [1.29, 1.82) is 0 Å². The second kappa shape index (κ2) is 98.9. The first-order valence-corrected chi connectivity index (χ1v) is 59.5. The maximum atomic E-state index is 14.6. The monoisotopic (exact) mass is 1880 g/mol. The minimum atomic E-state index is -0.121. The molecule has 0 saturated heterocycles. The largest absolute Gasteiger partial charge is 0.465 e. The molecule has 0 rings (SSSR count). The Balaban J connectivity index is 6.03. The van der Waals surface area contributed by atoms with Crippen molar-refractivity contribution in [3.8, 4) is 0 Å². The van der Waals surface area contributed by atoms with Gasteiger partial charge in [-0.15, -0.1) is 0 Å². The molecule has 6 unspecified atom stereocenters. The summed E-state index contributed by atoms with van der Waals surface area (Å²) < 4.78 is 24.6. The van der Waals surface area contributed by atoms with E-state index in [0.717, 1.165) is 354 Å². The quantitative estimate of drug-likeness (QED) is 0.0324. The number of hydrogen-bond acceptors (Lipinski definition) is 12. The van der Waals surface area contributed by atoms with Gasteiger partial charge in [0.15, 0.2) is 0 Å². The zero-order valence-electron chi connectivity index (χ0n) is 91.8. The summed E-state index contributed by atoms with van der Waals surface area (Å²) in [6.07, 6.45) is 92.1. The van der Waals surface area contributed by atoms with Crippen LogP contribution in [0.1, 0.15) is 602 Å². The Labute approximate surface area is 828 Å². The summed E-state index contributed by atoms with van der Waals surface area (Å²) in [5.74, 6) is 1.47. The molecule has 0 aromatic heterocycles. The first-order valence-electron chi connectivity index (χ1n) is 59.5. The lowest BCUT2D eigenvalue weighted by Gasteiger charge is -2.33. The zero-order valence-corrected chi connectivity index (χ0v) is 91.8. The first-order chi connectivity index (χ1) is 65.0. The molecule has 0 fully saturated rings. The molecule has 0 bridgehead atoms. The van der Waals surface area contributed by atoms with Crippen LogP contribution in [-0.2, 0) is 47.7 Å². The molecule has 133 heavy (non-hydrogen) atoms. The van der Waals surface area contributed by atoms with Gasteiger partial charge in [-0.2, -0.15) is 0 Å². The molecule has 788 valence electrons. The van der Waals surface area contributed by atoms with Crippen molar-refractivity contribution in [3.05, 3.63) is 0 Å². The van der Waals surface area contributed by atoms with Crippen molar-refractivity contribution in [3.63, 3.8) is 0 Å². The lowest BCUT2D eigenvalue weighted by atomic mass is 9.73. The average molecular weight is 1880 g/mol. The molecule has 0 aliphatic rings. The third-order valence-corrected chi connectivity index (χ3v) is 29.4. The lowest BCUT2D eigenvalue weighted by Crippen LogP contribution is -2.41. The van der Waals surface area contributed by atoms with E-state index in [9.17, 15) is 28.8 Å². The molecule has 0 N–H and O–H groups in total. The Morgan fingerprint density at radius 3 is 0.609 bits per heavy atom. The molecule has 0 aromatic rings. The minimum Gasteiger partial charge on any atom is -0.465 e. The van der Waals surface area contributed by atoms with E-state index < -0.39 is 0 Å². The smallest absolute Gasteiger partial charge is 0.308 e. The van der Waals surface area contributed by atoms with Gasteiger partial charge in [0.25, 0.3) is 0 Å². The van der Waals surface area contributed by atoms with Crippen LogP contribution >= 0.6 is 0 Å². The molecule has 14 nitrogen and oxygen atoms in total.